The molecule has 2 aromatic rings. The molecular weight excluding hydrogens is 373 g/mol. The lowest BCUT2D eigenvalue weighted by Crippen LogP contribution is -2.38. The lowest BCUT2D eigenvalue weighted by atomic mass is 10.1. The third-order valence-corrected chi connectivity index (χ3v) is 4.74. The van der Waals surface area contributed by atoms with Gasteiger partial charge in [0.1, 0.15) is 23.5 Å². The Labute approximate surface area is 160 Å². The Bertz CT molecular complexity index is 853. The maximum atomic E-state index is 14.0. The van der Waals surface area contributed by atoms with E-state index >= 15 is 0 Å². The van der Waals surface area contributed by atoms with Crippen LogP contribution in [0.15, 0.2) is 42.5 Å². The van der Waals surface area contributed by atoms with Crippen molar-refractivity contribution >= 4 is 11.9 Å². The van der Waals surface area contributed by atoms with E-state index in [1.807, 2.05) is 0 Å². The fraction of sp³-hybridized carbons (Fsp3) is 0.300. The summed E-state index contributed by atoms with van der Waals surface area (Å²) in [5.41, 5.74) is 0.122. The Hall–Kier alpha value is -2.87. The Morgan fingerprint density at radius 2 is 1.75 bits per heavy atom. The standard InChI is InChI=1S/C20H19F3N2O3/c1-28-20(27)18-9-14(24-19(26)12-5-7-13(21)8-6-12)10-25(18)11-15-16(22)3-2-4-17(15)23/h2-8,14,18H,9-11H2,1H3,(H,24,26)/t14-,18-/m0/s1. The molecule has 0 radical (unpaired) electrons. The molecule has 1 fully saturated rings. The average molecular weight is 392 g/mol. The molecule has 0 spiro atoms. The van der Waals surface area contributed by atoms with Crippen LogP contribution < -0.4 is 5.32 Å². The summed E-state index contributed by atoms with van der Waals surface area (Å²) >= 11 is 0. The van der Waals surface area contributed by atoms with Crippen molar-refractivity contribution in [1.82, 2.24) is 10.2 Å². The monoisotopic (exact) mass is 392 g/mol. The summed E-state index contributed by atoms with van der Waals surface area (Å²) in [6, 6.07) is 7.43. The fourth-order valence-electron chi connectivity index (χ4n) is 3.32. The molecule has 8 heteroatoms. The number of amides is 1. The van der Waals surface area contributed by atoms with Gasteiger partial charge in [-0.15, -0.1) is 0 Å². The van der Waals surface area contributed by atoms with Gasteiger partial charge >= 0.3 is 5.97 Å². The van der Waals surface area contributed by atoms with Gasteiger partial charge in [-0.25, -0.2) is 13.2 Å². The van der Waals surface area contributed by atoms with Gasteiger partial charge in [-0.2, -0.15) is 0 Å². The van der Waals surface area contributed by atoms with Gasteiger partial charge in [0.05, 0.1) is 7.11 Å². The Balaban J connectivity index is 1.74. The van der Waals surface area contributed by atoms with E-state index in [4.69, 9.17) is 4.74 Å². The van der Waals surface area contributed by atoms with E-state index in [1.54, 1.807) is 4.90 Å². The zero-order valence-electron chi connectivity index (χ0n) is 15.1. The van der Waals surface area contributed by atoms with Crippen molar-refractivity contribution in [2.75, 3.05) is 13.7 Å². The molecule has 0 bridgehead atoms. The van der Waals surface area contributed by atoms with Crippen LogP contribution in [0, 0.1) is 17.5 Å². The van der Waals surface area contributed by atoms with E-state index in [0.717, 1.165) is 12.1 Å². The number of hydrogen-bond donors (Lipinski definition) is 1. The van der Waals surface area contributed by atoms with Crippen molar-refractivity contribution in [2.45, 2.75) is 25.0 Å². The number of nitrogens with one attached hydrogen (secondary N) is 1. The lowest BCUT2D eigenvalue weighted by molar-refractivity contribution is -0.146. The van der Waals surface area contributed by atoms with Crippen molar-refractivity contribution in [2.24, 2.45) is 0 Å². The number of hydrogen-bond acceptors (Lipinski definition) is 4. The third-order valence-electron chi connectivity index (χ3n) is 4.74. The molecule has 1 heterocycles. The molecule has 2 aromatic carbocycles. The van der Waals surface area contributed by atoms with Crippen LogP contribution >= 0.6 is 0 Å². The maximum absolute atomic E-state index is 14.0. The van der Waals surface area contributed by atoms with Crippen LogP contribution in [-0.4, -0.2) is 42.5 Å². The molecule has 28 heavy (non-hydrogen) atoms. The molecule has 3 rings (SSSR count). The van der Waals surface area contributed by atoms with E-state index in [1.165, 1.54) is 37.4 Å². The highest BCUT2D eigenvalue weighted by Gasteiger charge is 2.38. The molecule has 148 valence electrons. The first-order chi connectivity index (χ1) is 13.4. The van der Waals surface area contributed by atoms with Crippen molar-refractivity contribution < 1.29 is 27.5 Å². The van der Waals surface area contributed by atoms with Crippen LogP contribution in [0.1, 0.15) is 22.3 Å². The SMILES string of the molecule is COC(=O)[C@@H]1C[C@H](NC(=O)c2ccc(F)cc2)CN1Cc1c(F)cccc1F. The van der Waals surface area contributed by atoms with Crippen molar-refractivity contribution in [3.63, 3.8) is 0 Å². The first-order valence-corrected chi connectivity index (χ1v) is 8.70. The van der Waals surface area contributed by atoms with Crippen molar-refractivity contribution in [1.29, 1.82) is 0 Å². The third kappa shape index (κ3) is 4.33. The van der Waals surface area contributed by atoms with Gasteiger partial charge in [0.15, 0.2) is 0 Å². The topological polar surface area (TPSA) is 58.6 Å². The molecule has 1 saturated heterocycles. The summed E-state index contributed by atoms with van der Waals surface area (Å²) in [5, 5.41) is 2.77. The molecule has 1 N–H and O–H groups in total. The van der Waals surface area contributed by atoms with Gasteiger partial charge in [-0.05, 0) is 42.8 Å². The first-order valence-electron chi connectivity index (χ1n) is 8.70. The number of carbonyl (C=O) groups excluding carboxylic acids is 2. The Morgan fingerprint density at radius 1 is 1.11 bits per heavy atom. The van der Waals surface area contributed by atoms with Crippen molar-refractivity contribution in [3.8, 4) is 0 Å². The highest BCUT2D eigenvalue weighted by molar-refractivity contribution is 5.94. The zero-order valence-corrected chi connectivity index (χ0v) is 15.1. The number of benzene rings is 2. The maximum Gasteiger partial charge on any atom is 0.323 e. The smallest absolute Gasteiger partial charge is 0.323 e. The Morgan fingerprint density at radius 3 is 2.36 bits per heavy atom. The predicted octanol–water partition coefficient (Wildman–Crippen LogP) is 2.65. The second-order valence-corrected chi connectivity index (χ2v) is 6.58. The van der Waals surface area contributed by atoms with Crippen LogP contribution in [0.3, 0.4) is 0 Å². The number of likely N-dealkylation sites (tertiary alicyclic amines) is 1. The number of carbonyl (C=O) groups is 2. The summed E-state index contributed by atoms with van der Waals surface area (Å²) in [4.78, 5) is 26.0. The van der Waals surface area contributed by atoms with Crippen molar-refractivity contribution in [3.05, 3.63) is 71.0 Å². The molecular formula is C20H19F3N2O3. The molecule has 0 saturated carbocycles. The molecule has 1 aliphatic heterocycles. The molecule has 2 atom stereocenters. The first kappa shape index (κ1) is 19.9. The summed E-state index contributed by atoms with van der Waals surface area (Å²) < 4.78 is 45.8. The zero-order chi connectivity index (χ0) is 20.3. The minimum atomic E-state index is -0.748. The molecule has 0 unspecified atom stereocenters. The minimum absolute atomic E-state index is 0.138. The average Bonchev–Trinajstić information content (AvgIpc) is 3.07. The summed E-state index contributed by atoms with van der Waals surface area (Å²) in [5.74, 6) is -2.84. The van der Waals surface area contributed by atoms with Crippen LogP contribution in [0.2, 0.25) is 0 Å². The summed E-state index contributed by atoms with van der Waals surface area (Å²) in [6.45, 7) is 0.0711. The highest BCUT2D eigenvalue weighted by Crippen LogP contribution is 2.24. The van der Waals surface area contributed by atoms with Crippen LogP contribution in [0.25, 0.3) is 0 Å². The number of halogens is 3. The number of esters is 1. The second-order valence-electron chi connectivity index (χ2n) is 6.58. The normalized spacial score (nSPS) is 19.4. The highest BCUT2D eigenvalue weighted by atomic mass is 19.1. The van der Waals surface area contributed by atoms with Crippen LogP contribution in [-0.2, 0) is 16.1 Å². The van der Waals surface area contributed by atoms with Crippen LogP contribution in [0.5, 0.6) is 0 Å². The largest absolute Gasteiger partial charge is 0.468 e. The van der Waals surface area contributed by atoms with Gasteiger partial charge in [0.25, 0.3) is 5.91 Å². The van der Waals surface area contributed by atoms with Gasteiger partial charge in [0, 0.05) is 30.3 Å². The quantitative estimate of drug-likeness (QED) is 0.795. The summed E-state index contributed by atoms with van der Waals surface area (Å²) in [7, 11) is 1.23. The molecule has 5 nitrogen and oxygen atoms in total. The second kappa shape index (κ2) is 8.43. The minimum Gasteiger partial charge on any atom is -0.468 e. The summed E-state index contributed by atoms with van der Waals surface area (Å²) in [6.07, 6.45) is 0.232. The van der Waals surface area contributed by atoms with Gasteiger partial charge < -0.3 is 10.1 Å². The fourth-order valence-corrected chi connectivity index (χ4v) is 3.32. The van der Waals surface area contributed by atoms with E-state index in [0.29, 0.717) is 0 Å². The lowest BCUT2D eigenvalue weighted by Gasteiger charge is -2.22. The molecule has 1 amide bonds. The molecule has 1 aliphatic rings. The number of methoxy groups -OCH3 is 1. The number of ether oxygens (including phenoxy) is 1. The van der Waals surface area contributed by atoms with Gasteiger partial charge in [-0.1, -0.05) is 6.07 Å². The molecule has 0 aromatic heterocycles. The van der Waals surface area contributed by atoms with E-state index in [9.17, 15) is 22.8 Å². The predicted molar refractivity (Wildman–Crippen MR) is 94.8 cm³/mol. The van der Waals surface area contributed by atoms with E-state index in [2.05, 4.69) is 5.32 Å². The van der Waals surface area contributed by atoms with Gasteiger partial charge in [-0.3, -0.25) is 14.5 Å². The van der Waals surface area contributed by atoms with Crippen LogP contribution in [0.4, 0.5) is 13.2 Å². The number of rotatable bonds is 5. The number of nitrogens with zero attached hydrogens (tertiary/aromatic N) is 1. The molecule has 0 aliphatic carbocycles. The van der Waals surface area contributed by atoms with Gasteiger partial charge in [0.2, 0.25) is 0 Å². The van der Waals surface area contributed by atoms with E-state index in [-0.39, 0.29) is 30.6 Å². The Kier molecular flexibility index (Phi) is 5.99. The van der Waals surface area contributed by atoms with E-state index < -0.39 is 41.4 Å².